The first-order chi connectivity index (χ1) is 13.5. The fourth-order valence-corrected chi connectivity index (χ4v) is 4.17. The zero-order chi connectivity index (χ0) is 19.6. The van der Waals surface area contributed by atoms with Crippen LogP contribution in [-0.2, 0) is 21.4 Å². The topological polar surface area (TPSA) is 58.2 Å². The summed E-state index contributed by atoms with van der Waals surface area (Å²) in [5, 5.41) is 6.76. The maximum Gasteiger partial charge on any atom is 0.235 e. The van der Waals surface area contributed by atoms with Crippen LogP contribution in [0.15, 0.2) is 48.5 Å². The summed E-state index contributed by atoms with van der Waals surface area (Å²) < 4.78 is 0. The summed E-state index contributed by atoms with van der Waals surface area (Å²) in [6.07, 6.45) is 6.34. The largest absolute Gasteiger partial charge is 0.353 e. The molecule has 2 fully saturated rings. The molecule has 2 aliphatic rings. The molecule has 2 saturated carbocycles. The van der Waals surface area contributed by atoms with Crippen molar-refractivity contribution in [3.8, 4) is 0 Å². The van der Waals surface area contributed by atoms with Crippen LogP contribution in [0.1, 0.15) is 49.7 Å². The predicted molar refractivity (Wildman–Crippen MR) is 112 cm³/mol. The summed E-state index contributed by atoms with van der Waals surface area (Å²) in [6, 6.07) is 15.6. The molecule has 0 heterocycles. The van der Waals surface area contributed by atoms with Gasteiger partial charge in [0, 0.05) is 16.8 Å². The molecule has 0 aliphatic heterocycles. The van der Waals surface area contributed by atoms with Gasteiger partial charge >= 0.3 is 0 Å². The van der Waals surface area contributed by atoms with Gasteiger partial charge in [-0.2, -0.15) is 0 Å². The van der Waals surface area contributed by atoms with Crippen molar-refractivity contribution in [2.75, 3.05) is 5.32 Å². The predicted octanol–water partition coefficient (Wildman–Crippen LogP) is 4.61. The van der Waals surface area contributed by atoms with Crippen LogP contribution >= 0.6 is 11.6 Å². The Kier molecular flexibility index (Phi) is 5.40. The lowest BCUT2D eigenvalue weighted by Gasteiger charge is -2.28. The molecule has 28 heavy (non-hydrogen) atoms. The van der Waals surface area contributed by atoms with E-state index in [1.807, 2.05) is 48.5 Å². The minimum absolute atomic E-state index is 0.0338. The highest BCUT2D eigenvalue weighted by Crippen LogP contribution is 2.42. The molecule has 146 valence electrons. The van der Waals surface area contributed by atoms with Gasteiger partial charge in [0.15, 0.2) is 0 Å². The van der Waals surface area contributed by atoms with Gasteiger partial charge in [-0.05, 0) is 61.1 Å². The molecule has 0 unspecified atom stereocenters. The van der Waals surface area contributed by atoms with E-state index in [1.165, 1.54) is 0 Å². The van der Waals surface area contributed by atoms with E-state index in [9.17, 15) is 9.59 Å². The number of anilines is 1. The first-order valence-electron chi connectivity index (χ1n) is 10.0. The van der Waals surface area contributed by atoms with Crippen molar-refractivity contribution in [3.63, 3.8) is 0 Å². The number of carbonyl (C=O) groups excluding carboxylic acids is 2. The second-order valence-electron chi connectivity index (χ2n) is 7.97. The third-order valence-corrected chi connectivity index (χ3v) is 6.06. The second kappa shape index (κ2) is 7.96. The lowest BCUT2D eigenvalue weighted by molar-refractivity contribution is -0.122. The summed E-state index contributed by atoms with van der Waals surface area (Å²) in [5.74, 6) is 0.0958. The maximum absolute atomic E-state index is 13.2. The summed E-state index contributed by atoms with van der Waals surface area (Å²) in [6.45, 7) is 0. The van der Waals surface area contributed by atoms with Gasteiger partial charge in [0.1, 0.15) is 0 Å². The molecule has 2 aromatic carbocycles. The Morgan fingerprint density at radius 1 is 0.964 bits per heavy atom. The lowest BCUT2D eigenvalue weighted by atomic mass is 9.78. The van der Waals surface area contributed by atoms with Crippen molar-refractivity contribution in [2.45, 2.75) is 56.4 Å². The molecule has 4 nitrogen and oxygen atoms in total. The minimum Gasteiger partial charge on any atom is -0.353 e. The number of hydrogen-bond donors (Lipinski definition) is 2. The van der Waals surface area contributed by atoms with E-state index in [-0.39, 0.29) is 11.8 Å². The van der Waals surface area contributed by atoms with Gasteiger partial charge < -0.3 is 10.6 Å². The zero-order valence-electron chi connectivity index (χ0n) is 15.8. The molecular formula is C23H25ClN2O2. The van der Waals surface area contributed by atoms with E-state index in [1.54, 1.807) is 0 Å². The van der Waals surface area contributed by atoms with Crippen LogP contribution in [0.4, 0.5) is 5.69 Å². The first kappa shape index (κ1) is 19.0. The van der Waals surface area contributed by atoms with Crippen molar-refractivity contribution in [1.29, 1.82) is 0 Å². The van der Waals surface area contributed by atoms with Crippen LogP contribution in [0.5, 0.6) is 0 Å². The number of halogens is 1. The standard InChI is InChI=1S/C23H25ClN2O2/c24-18-7-5-17(6-8-18)23(13-1-2-14-23)22(28)26-20-9-3-16(4-10-20)15-21(27)25-19-11-12-19/h3-10,19H,1-2,11-15H2,(H,25,27)(H,26,28). The summed E-state index contributed by atoms with van der Waals surface area (Å²) in [5.41, 5.74) is 2.24. The van der Waals surface area contributed by atoms with E-state index in [0.717, 1.165) is 55.3 Å². The lowest BCUT2D eigenvalue weighted by Crippen LogP contribution is -2.38. The highest BCUT2D eigenvalue weighted by Gasteiger charge is 2.42. The highest BCUT2D eigenvalue weighted by atomic mass is 35.5. The third-order valence-electron chi connectivity index (χ3n) is 5.81. The number of benzene rings is 2. The molecule has 0 bridgehead atoms. The van der Waals surface area contributed by atoms with Gasteiger partial charge in [0.05, 0.1) is 11.8 Å². The van der Waals surface area contributed by atoms with Gasteiger partial charge in [-0.25, -0.2) is 0 Å². The Morgan fingerprint density at radius 3 is 2.21 bits per heavy atom. The highest BCUT2D eigenvalue weighted by molar-refractivity contribution is 6.30. The average Bonchev–Trinajstić information content (AvgIpc) is 3.35. The number of carbonyl (C=O) groups is 2. The number of amides is 2. The third kappa shape index (κ3) is 4.22. The Labute approximate surface area is 170 Å². The van der Waals surface area contributed by atoms with Crippen LogP contribution in [0.2, 0.25) is 5.02 Å². The molecule has 4 rings (SSSR count). The van der Waals surface area contributed by atoms with Crippen molar-refractivity contribution in [1.82, 2.24) is 5.32 Å². The summed E-state index contributed by atoms with van der Waals surface area (Å²) in [4.78, 5) is 25.1. The fraction of sp³-hybridized carbons (Fsp3) is 0.391. The SMILES string of the molecule is O=C(Cc1ccc(NC(=O)C2(c3ccc(Cl)cc3)CCCC2)cc1)NC1CC1. The van der Waals surface area contributed by atoms with Crippen LogP contribution in [-0.4, -0.2) is 17.9 Å². The minimum atomic E-state index is -0.493. The Bertz CT molecular complexity index is 851. The molecule has 2 aliphatic carbocycles. The molecular weight excluding hydrogens is 372 g/mol. The first-order valence-corrected chi connectivity index (χ1v) is 10.4. The van der Waals surface area contributed by atoms with Crippen molar-refractivity contribution < 1.29 is 9.59 Å². The van der Waals surface area contributed by atoms with Crippen LogP contribution < -0.4 is 10.6 Å². The number of rotatable bonds is 6. The molecule has 2 amide bonds. The molecule has 0 radical (unpaired) electrons. The van der Waals surface area contributed by atoms with Crippen LogP contribution in [0.3, 0.4) is 0 Å². The maximum atomic E-state index is 13.2. The van der Waals surface area contributed by atoms with E-state index in [2.05, 4.69) is 10.6 Å². The monoisotopic (exact) mass is 396 g/mol. The molecule has 0 aromatic heterocycles. The molecule has 5 heteroatoms. The van der Waals surface area contributed by atoms with E-state index in [0.29, 0.717) is 17.5 Å². The van der Waals surface area contributed by atoms with E-state index in [4.69, 9.17) is 11.6 Å². The van der Waals surface area contributed by atoms with Gasteiger partial charge in [0.25, 0.3) is 0 Å². The normalized spacial score (nSPS) is 17.9. The van der Waals surface area contributed by atoms with Crippen molar-refractivity contribution in [3.05, 3.63) is 64.7 Å². The summed E-state index contributed by atoms with van der Waals surface area (Å²) >= 11 is 6.03. The van der Waals surface area contributed by atoms with E-state index < -0.39 is 5.41 Å². The summed E-state index contributed by atoms with van der Waals surface area (Å²) in [7, 11) is 0. The van der Waals surface area contributed by atoms with Gasteiger partial charge in [-0.3, -0.25) is 9.59 Å². The molecule has 2 N–H and O–H groups in total. The van der Waals surface area contributed by atoms with Crippen LogP contribution in [0, 0.1) is 0 Å². The zero-order valence-corrected chi connectivity index (χ0v) is 16.6. The molecule has 0 spiro atoms. The number of nitrogens with one attached hydrogen (secondary N) is 2. The Balaban J connectivity index is 1.44. The average molecular weight is 397 g/mol. The Morgan fingerprint density at radius 2 is 1.61 bits per heavy atom. The van der Waals surface area contributed by atoms with Crippen molar-refractivity contribution >= 4 is 29.1 Å². The van der Waals surface area contributed by atoms with Gasteiger partial charge in [-0.15, -0.1) is 0 Å². The number of hydrogen-bond acceptors (Lipinski definition) is 2. The molecule has 0 atom stereocenters. The van der Waals surface area contributed by atoms with Crippen LogP contribution in [0.25, 0.3) is 0 Å². The van der Waals surface area contributed by atoms with Gasteiger partial charge in [0.2, 0.25) is 11.8 Å². The Hall–Kier alpha value is -2.33. The molecule has 0 saturated heterocycles. The quantitative estimate of drug-likeness (QED) is 0.748. The van der Waals surface area contributed by atoms with Crippen molar-refractivity contribution in [2.24, 2.45) is 0 Å². The molecule has 2 aromatic rings. The van der Waals surface area contributed by atoms with Gasteiger partial charge in [-0.1, -0.05) is 48.7 Å². The second-order valence-corrected chi connectivity index (χ2v) is 8.40. The smallest absolute Gasteiger partial charge is 0.235 e. The fourth-order valence-electron chi connectivity index (χ4n) is 4.04. The van der Waals surface area contributed by atoms with E-state index >= 15 is 0 Å².